The highest BCUT2D eigenvalue weighted by molar-refractivity contribution is 14.1. The lowest BCUT2D eigenvalue weighted by Gasteiger charge is -2.36. The SMILES string of the molecule is Cc1cccc(N2CCN(C(=O)c3ccccc3I)CC2)c1. The van der Waals surface area contributed by atoms with Gasteiger partial charge in [0.1, 0.15) is 0 Å². The van der Waals surface area contributed by atoms with Crippen molar-refractivity contribution in [1.82, 2.24) is 4.90 Å². The summed E-state index contributed by atoms with van der Waals surface area (Å²) in [5, 5.41) is 0. The van der Waals surface area contributed by atoms with Crippen molar-refractivity contribution >= 4 is 34.2 Å². The molecule has 0 spiro atoms. The fourth-order valence-electron chi connectivity index (χ4n) is 2.80. The highest BCUT2D eigenvalue weighted by atomic mass is 127. The second-order valence-corrected chi connectivity index (χ2v) is 6.76. The summed E-state index contributed by atoms with van der Waals surface area (Å²) >= 11 is 2.23. The largest absolute Gasteiger partial charge is 0.368 e. The first-order chi connectivity index (χ1) is 10.6. The van der Waals surface area contributed by atoms with Gasteiger partial charge in [0, 0.05) is 35.4 Å². The second kappa shape index (κ2) is 6.69. The van der Waals surface area contributed by atoms with Crippen LogP contribution in [0.25, 0.3) is 0 Å². The topological polar surface area (TPSA) is 23.6 Å². The van der Waals surface area contributed by atoms with Crippen LogP contribution in [0.4, 0.5) is 5.69 Å². The Balaban J connectivity index is 1.67. The molecular weight excluding hydrogens is 387 g/mol. The van der Waals surface area contributed by atoms with Crippen LogP contribution in [0.2, 0.25) is 0 Å². The van der Waals surface area contributed by atoms with E-state index in [1.54, 1.807) is 0 Å². The van der Waals surface area contributed by atoms with Gasteiger partial charge in [-0.15, -0.1) is 0 Å². The summed E-state index contributed by atoms with van der Waals surface area (Å²) in [4.78, 5) is 16.9. The summed E-state index contributed by atoms with van der Waals surface area (Å²) in [6.07, 6.45) is 0. The van der Waals surface area contributed by atoms with Crippen LogP contribution in [-0.2, 0) is 0 Å². The molecular formula is C18H19IN2O. The van der Waals surface area contributed by atoms with Crippen LogP contribution in [0, 0.1) is 10.5 Å². The van der Waals surface area contributed by atoms with E-state index >= 15 is 0 Å². The maximum Gasteiger partial charge on any atom is 0.255 e. The van der Waals surface area contributed by atoms with Gasteiger partial charge < -0.3 is 9.80 Å². The van der Waals surface area contributed by atoms with Gasteiger partial charge in [-0.1, -0.05) is 24.3 Å². The van der Waals surface area contributed by atoms with Crippen molar-refractivity contribution in [3.63, 3.8) is 0 Å². The first-order valence-electron chi connectivity index (χ1n) is 7.50. The van der Waals surface area contributed by atoms with E-state index in [0.717, 1.165) is 35.3 Å². The van der Waals surface area contributed by atoms with Gasteiger partial charge in [-0.25, -0.2) is 0 Å². The number of rotatable bonds is 2. The van der Waals surface area contributed by atoms with Crippen molar-refractivity contribution in [2.45, 2.75) is 6.92 Å². The van der Waals surface area contributed by atoms with Crippen molar-refractivity contribution in [3.05, 3.63) is 63.2 Å². The number of carbonyl (C=O) groups is 1. The molecule has 0 unspecified atom stereocenters. The first-order valence-corrected chi connectivity index (χ1v) is 8.58. The fraction of sp³-hybridized carbons (Fsp3) is 0.278. The number of amides is 1. The van der Waals surface area contributed by atoms with E-state index in [1.165, 1.54) is 11.3 Å². The highest BCUT2D eigenvalue weighted by Crippen LogP contribution is 2.20. The number of hydrogen-bond acceptors (Lipinski definition) is 2. The molecule has 1 heterocycles. The summed E-state index contributed by atoms with van der Waals surface area (Å²) in [5.41, 5.74) is 3.34. The zero-order valence-electron chi connectivity index (χ0n) is 12.6. The van der Waals surface area contributed by atoms with Crippen LogP contribution in [0.3, 0.4) is 0 Å². The number of nitrogens with zero attached hydrogens (tertiary/aromatic N) is 2. The Hall–Kier alpha value is -1.56. The van der Waals surface area contributed by atoms with Crippen molar-refractivity contribution < 1.29 is 4.79 Å². The highest BCUT2D eigenvalue weighted by Gasteiger charge is 2.23. The monoisotopic (exact) mass is 406 g/mol. The normalized spacial score (nSPS) is 15.0. The lowest BCUT2D eigenvalue weighted by molar-refractivity contribution is 0.0745. The van der Waals surface area contributed by atoms with Crippen LogP contribution in [0.1, 0.15) is 15.9 Å². The summed E-state index contributed by atoms with van der Waals surface area (Å²) < 4.78 is 1.02. The molecule has 0 radical (unpaired) electrons. The third-order valence-electron chi connectivity index (χ3n) is 4.04. The lowest BCUT2D eigenvalue weighted by atomic mass is 10.1. The number of halogens is 1. The molecule has 0 aromatic heterocycles. The Morgan fingerprint density at radius 1 is 1.00 bits per heavy atom. The zero-order chi connectivity index (χ0) is 15.5. The van der Waals surface area contributed by atoms with Crippen molar-refractivity contribution in [3.8, 4) is 0 Å². The number of carbonyl (C=O) groups excluding carboxylic acids is 1. The molecule has 2 aromatic carbocycles. The van der Waals surface area contributed by atoms with E-state index in [-0.39, 0.29) is 5.91 Å². The zero-order valence-corrected chi connectivity index (χ0v) is 14.8. The van der Waals surface area contributed by atoms with Gasteiger partial charge in [0.2, 0.25) is 0 Å². The van der Waals surface area contributed by atoms with Gasteiger partial charge >= 0.3 is 0 Å². The quantitative estimate of drug-likeness (QED) is 0.713. The van der Waals surface area contributed by atoms with Gasteiger partial charge in [-0.2, -0.15) is 0 Å². The third kappa shape index (κ3) is 3.27. The van der Waals surface area contributed by atoms with E-state index in [1.807, 2.05) is 29.2 Å². The van der Waals surface area contributed by atoms with Gasteiger partial charge in [0.25, 0.3) is 5.91 Å². The van der Waals surface area contributed by atoms with Gasteiger partial charge in [0.15, 0.2) is 0 Å². The molecule has 0 N–H and O–H groups in total. The molecule has 1 saturated heterocycles. The first kappa shape index (κ1) is 15.3. The molecule has 0 saturated carbocycles. The molecule has 22 heavy (non-hydrogen) atoms. The van der Waals surface area contributed by atoms with Crippen LogP contribution < -0.4 is 4.90 Å². The maximum atomic E-state index is 12.6. The molecule has 0 bridgehead atoms. The predicted octanol–water partition coefficient (Wildman–Crippen LogP) is 3.56. The Labute approximate surface area is 145 Å². The Morgan fingerprint density at radius 2 is 1.73 bits per heavy atom. The summed E-state index contributed by atoms with van der Waals surface area (Å²) in [6, 6.07) is 16.3. The lowest BCUT2D eigenvalue weighted by Crippen LogP contribution is -2.49. The standard InChI is InChI=1S/C18H19IN2O/c1-14-5-4-6-15(13-14)20-9-11-21(12-10-20)18(22)16-7-2-3-8-17(16)19/h2-8,13H,9-12H2,1H3. The minimum Gasteiger partial charge on any atom is -0.368 e. The predicted molar refractivity (Wildman–Crippen MR) is 98.5 cm³/mol. The van der Waals surface area contributed by atoms with Gasteiger partial charge in [0.05, 0.1) is 5.56 Å². The summed E-state index contributed by atoms with van der Waals surface area (Å²) in [5.74, 6) is 0.147. The Bertz CT molecular complexity index is 678. The fourth-order valence-corrected chi connectivity index (χ4v) is 3.42. The minimum atomic E-state index is 0.147. The van der Waals surface area contributed by atoms with Crippen molar-refractivity contribution in [1.29, 1.82) is 0 Å². The van der Waals surface area contributed by atoms with E-state index < -0.39 is 0 Å². The number of piperazine rings is 1. The number of anilines is 1. The second-order valence-electron chi connectivity index (χ2n) is 5.60. The van der Waals surface area contributed by atoms with Crippen LogP contribution in [-0.4, -0.2) is 37.0 Å². The molecule has 1 aliphatic rings. The molecule has 3 rings (SSSR count). The molecule has 1 aliphatic heterocycles. The van der Waals surface area contributed by atoms with E-state index in [9.17, 15) is 4.79 Å². The molecule has 0 atom stereocenters. The Morgan fingerprint density at radius 3 is 2.41 bits per heavy atom. The van der Waals surface area contributed by atoms with Crippen molar-refractivity contribution in [2.24, 2.45) is 0 Å². The average molecular weight is 406 g/mol. The average Bonchev–Trinajstić information content (AvgIpc) is 2.55. The summed E-state index contributed by atoms with van der Waals surface area (Å²) in [6.45, 7) is 5.44. The molecule has 0 aliphatic carbocycles. The maximum absolute atomic E-state index is 12.6. The van der Waals surface area contributed by atoms with Gasteiger partial charge in [-0.05, 0) is 59.3 Å². The molecule has 3 nitrogen and oxygen atoms in total. The minimum absolute atomic E-state index is 0.147. The smallest absolute Gasteiger partial charge is 0.255 e. The number of aryl methyl sites for hydroxylation is 1. The molecule has 1 fully saturated rings. The number of hydrogen-bond donors (Lipinski definition) is 0. The van der Waals surface area contributed by atoms with Gasteiger partial charge in [-0.3, -0.25) is 4.79 Å². The van der Waals surface area contributed by atoms with Crippen molar-refractivity contribution in [2.75, 3.05) is 31.1 Å². The molecule has 114 valence electrons. The third-order valence-corrected chi connectivity index (χ3v) is 4.98. The molecule has 4 heteroatoms. The number of benzene rings is 2. The van der Waals surface area contributed by atoms with Crippen LogP contribution in [0.15, 0.2) is 48.5 Å². The Kier molecular flexibility index (Phi) is 4.66. The van der Waals surface area contributed by atoms with E-state index in [4.69, 9.17) is 0 Å². The van der Waals surface area contributed by atoms with Crippen LogP contribution in [0.5, 0.6) is 0 Å². The van der Waals surface area contributed by atoms with E-state index in [0.29, 0.717) is 0 Å². The molecule has 1 amide bonds. The molecule has 2 aromatic rings. The summed E-state index contributed by atoms with van der Waals surface area (Å²) in [7, 11) is 0. The van der Waals surface area contributed by atoms with E-state index in [2.05, 4.69) is 58.7 Å². The van der Waals surface area contributed by atoms with Crippen LogP contribution >= 0.6 is 22.6 Å².